The van der Waals surface area contributed by atoms with Gasteiger partial charge in [-0.1, -0.05) is 34.2 Å². The van der Waals surface area contributed by atoms with Crippen molar-refractivity contribution >= 4 is 44.3 Å². The van der Waals surface area contributed by atoms with E-state index in [1.54, 1.807) is 34.3 Å². The third kappa shape index (κ3) is 3.40. The molecule has 152 valence electrons. The van der Waals surface area contributed by atoms with E-state index in [2.05, 4.69) is 25.2 Å². The number of fused-ring (bicyclic) bond motifs is 1. The maximum Gasteiger partial charge on any atom is 0.276 e. The summed E-state index contributed by atoms with van der Waals surface area (Å²) in [5.74, 6) is -0.105. The number of benzene rings is 1. The molecule has 1 aliphatic heterocycles. The number of hydrogen-bond donors (Lipinski definition) is 0. The van der Waals surface area contributed by atoms with Crippen molar-refractivity contribution in [1.82, 2.24) is 29.9 Å². The normalized spacial score (nSPS) is 14.5. The minimum Gasteiger partial charge on any atom is -0.344 e. The van der Waals surface area contributed by atoms with Crippen LogP contribution in [0.2, 0.25) is 5.02 Å². The van der Waals surface area contributed by atoms with Gasteiger partial charge in [-0.25, -0.2) is 14.6 Å². The van der Waals surface area contributed by atoms with E-state index in [-0.39, 0.29) is 5.91 Å². The number of amides is 1. The van der Waals surface area contributed by atoms with Crippen LogP contribution in [0.4, 0.5) is 5.13 Å². The second kappa shape index (κ2) is 7.66. The van der Waals surface area contributed by atoms with Crippen molar-refractivity contribution < 1.29 is 4.79 Å². The Balaban J connectivity index is 1.30. The molecule has 10 heteroatoms. The molecule has 0 N–H and O–H groups in total. The topological polar surface area (TPSA) is 80.0 Å². The predicted octanol–water partition coefficient (Wildman–Crippen LogP) is 3.20. The molecule has 4 heterocycles. The lowest BCUT2D eigenvalue weighted by Crippen LogP contribution is -2.49. The zero-order valence-corrected chi connectivity index (χ0v) is 17.8. The molecule has 8 nitrogen and oxygen atoms in total. The Morgan fingerprint density at radius 1 is 1.13 bits per heavy atom. The third-order valence-corrected chi connectivity index (χ3v) is 6.42. The first-order valence-corrected chi connectivity index (χ1v) is 10.7. The molecule has 1 fully saturated rings. The molecule has 0 saturated carbocycles. The van der Waals surface area contributed by atoms with Gasteiger partial charge in [-0.05, 0) is 37.3 Å². The molecule has 1 saturated heterocycles. The number of hydrogen-bond acceptors (Lipinski definition) is 7. The summed E-state index contributed by atoms with van der Waals surface area (Å²) in [5.41, 5.74) is 2.75. The Labute approximate surface area is 181 Å². The highest BCUT2D eigenvalue weighted by atomic mass is 35.5. The number of rotatable bonds is 3. The Morgan fingerprint density at radius 2 is 1.97 bits per heavy atom. The molecular formula is C20H18ClN7OS. The van der Waals surface area contributed by atoms with E-state index in [9.17, 15) is 4.79 Å². The second-order valence-electron chi connectivity index (χ2n) is 7.02. The summed E-state index contributed by atoms with van der Waals surface area (Å²) in [6, 6.07) is 11.2. The van der Waals surface area contributed by atoms with Crippen molar-refractivity contribution in [2.75, 3.05) is 31.1 Å². The first kappa shape index (κ1) is 19.0. The second-order valence-corrected chi connectivity index (χ2v) is 8.41. The number of piperazine rings is 1. The van der Waals surface area contributed by atoms with Gasteiger partial charge in [0.1, 0.15) is 10.3 Å². The summed E-state index contributed by atoms with van der Waals surface area (Å²) in [5, 5.41) is 9.87. The largest absolute Gasteiger partial charge is 0.344 e. The number of carbonyl (C=O) groups is 1. The summed E-state index contributed by atoms with van der Waals surface area (Å²) in [7, 11) is 0. The fraction of sp³-hybridized carbons (Fsp3) is 0.250. The van der Waals surface area contributed by atoms with Gasteiger partial charge in [0.25, 0.3) is 5.91 Å². The molecule has 3 aromatic heterocycles. The van der Waals surface area contributed by atoms with E-state index < -0.39 is 0 Å². The summed E-state index contributed by atoms with van der Waals surface area (Å²) in [6.45, 7) is 4.48. The van der Waals surface area contributed by atoms with Gasteiger partial charge in [0.15, 0.2) is 10.8 Å². The van der Waals surface area contributed by atoms with Gasteiger partial charge in [-0.15, -0.1) is 5.10 Å². The highest BCUT2D eigenvalue weighted by Gasteiger charge is 2.27. The summed E-state index contributed by atoms with van der Waals surface area (Å²) >= 11 is 7.66. The monoisotopic (exact) mass is 439 g/mol. The van der Waals surface area contributed by atoms with Gasteiger partial charge < -0.3 is 9.80 Å². The van der Waals surface area contributed by atoms with Gasteiger partial charge in [0, 0.05) is 37.4 Å². The van der Waals surface area contributed by atoms with E-state index in [0.717, 1.165) is 21.2 Å². The molecular weight excluding hydrogens is 422 g/mol. The Hall–Kier alpha value is -3.04. The molecule has 5 rings (SSSR count). The first-order chi connectivity index (χ1) is 14.6. The molecule has 0 radical (unpaired) electrons. The lowest BCUT2D eigenvalue weighted by Gasteiger charge is -2.34. The number of carbonyl (C=O) groups excluding carboxylic acids is 1. The zero-order chi connectivity index (χ0) is 20.7. The van der Waals surface area contributed by atoms with Crippen molar-refractivity contribution in [2.24, 2.45) is 0 Å². The van der Waals surface area contributed by atoms with Crippen molar-refractivity contribution in [3.63, 3.8) is 0 Å². The summed E-state index contributed by atoms with van der Waals surface area (Å²) in [4.78, 5) is 27.0. The average Bonchev–Trinajstić information content (AvgIpc) is 3.37. The van der Waals surface area contributed by atoms with Crippen LogP contribution in [-0.2, 0) is 0 Å². The minimum atomic E-state index is -0.105. The molecule has 1 aliphatic rings. The van der Waals surface area contributed by atoms with Crippen LogP contribution in [0.25, 0.3) is 16.0 Å². The highest BCUT2D eigenvalue weighted by Crippen LogP contribution is 2.28. The first-order valence-electron chi connectivity index (χ1n) is 9.54. The predicted molar refractivity (Wildman–Crippen MR) is 117 cm³/mol. The van der Waals surface area contributed by atoms with Crippen LogP contribution in [0.3, 0.4) is 0 Å². The van der Waals surface area contributed by atoms with Gasteiger partial charge in [-0.3, -0.25) is 4.79 Å². The maximum atomic E-state index is 13.1. The number of anilines is 1. The molecule has 30 heavy (non-hydrogen) atoms. The third-order valence-electron chi connectivity index (χ3n) is 5.14. The number of nitrogens with zero attached hydrogens (tertiary/aromatic N) is 7. The van der Waals surface area contributed by atoms with Crippen LogP contribution >= 0.6 is 22.9 Å². The Bertz CT molecular complexity index is 1200. The summed E-state index contributed by atoms with van der Waals surface area (Å²) in [6.07, 6.45) is 1.78. The smallest absolute Gasteiger partial charge is 0.276 e. The number of halogens is 1. The molecule has 1 amide bonds. The number of pyridine rings is 1. The molecule has 4 aromatic rings. The number of thiazole rings is 1. The average molecular weight is 440 g/mol. The van der Waals surface area contributed by atoms with E-state index in [4.69, 9.17) is 11.6 Å². The van der Waals surface area contributed by atoms with Crippen LogP contribution < -0.4 is 4.90 Å². The van der Waals surface area contributed by atoms with Crippen LogP contribution in [0.5, 0.6) is 0 Å². The van der Waals surface area contributed by atoms with Crippen molar-refractivity contribution in [3.05, 3.63) is 59.0 Å². The standard InChI is InChI=1S/C20H18ClN7OS/c1-13-17(24-25-28(13)15-5-2-4-14(21)12-15)19(29)26-8-10-27(11-9-26)20-23-16-6-3-7-22-18(16)30-20/h2-7,12H,8-11H2,1H3. The fourth-order valence-electron chi connectivity index (χ4n) is 3.52. The zero-order valence-electron chi connectivity index (χ0n) is 16.2. The SMILES string of the molecule is Cc1c(C(=O)N2CCN(c3nc4cccnc4s3)CC2)nnn1-c1cccc(Cl)c1. The Morgan fingerprint density at radius 3 is 2.73 bits per heavy atom. The van der Waals surface area contributed by atoms with E-state index in [1.807, 2.05) is 36.1 Å². The minimum absolute atomic E-state index is 0.105. The highest BCUT2D eigenvalue weighted by molar-refractivity contribution is 7.21. The van der Waals surface area contributed by atoms with Crippen molar-refractivity contribution in [3.8, 4) is 5.69 Å². The van der Waals surface area contributed by atoms with Gasteiger partial charge in [-0.2, -0.15) is 0 Å². The maximum absolute atomic E-state index is 13.1. The quantitative estimate of drug-likeness (QED) is 0.487. The molecule has 1 aromatic carbocycles. The Kier molecular flexibility index (Phi) is 4.84. The van der Waals surface area contributed by atoms with Gasteiger partial charge in [0.05, 0.1) is 11.4 Å². The molecule has 0 aliphatic carbocycles. The van der Waals surface area contributed by atoms with Crippen molar-refractivity contribution in [1.29, 1.82) is 0 Å². The lowest BCUT2D eigenvalue weighted by atomic mass is 10.2. The van der Waals surface area contributed by atoms with Crippen molar-refractivity contribution in [2.45, 2.75) is 6.92 Å². The van der Waals surface area contributed by atoms with Gasteiger partial charge >= 0.3 is 0 Å². The van der Waals surface area contributed by atoms with Crippen LogP contribution in [0.15, 0.2) is 42.6 Å². The molecule has 0 bridgehead atoms. The molecule has 0 unspecified atom stereocenters. The van der Waals surface area contributed by atoms with Crippen LogP contribution in [0.1, 0.15) is 16.2 Å². The van der Waals surface area contributed by atoms with E-state index in [0.29, 0.717) is 42.6 Å². The van der Waals surface area contributed by atoms with Crippen LogP contribution in [-0.4, -0.2) is 61.9 Å². The van der Waals surface area contributed by atoms with Crippen LogP contribution in [0, 0.1) is 6.92 Å². The van der Waals surface area contributed by atoms with E-state index >= 15 is 0 Å². The molecule has 0 spiro atoms. The van der Waals surface area contributed by atoms with E-state index in [1.165, 1.54) is 0 Å². The lowest BCUT2D eigenvalue weighted by molar-refractivity contribution is 0.0740. The summed E-state index contributed by atoms with van der Waals surface area (Å²) < 4.78 is 1.64. The molecule has 0 atom stereocenters. The van der Waals surface area contributed by atoms with Gasteiger partial charge in [0.2, 0.25) is 0 Å². The fourth-order valence-corrected chi connectivity index (χ4v) is 4.67. The number of aromatic nitrogens is 5.